The minimum atomic E-state index is -0.626. The van der Waals surface area contributed by atoms with E-state index >= 15 is 0 Å². The highest BCUT2D eigenvalue weighted by molar-refractivity contribution is 6.31. The summed E-state index contributed by atoms with van der Waals surface area (Å²) in [5.74, 6) is 1.02. The molecule has 2 aromatic carbocycles. The number of ether oxygens (including phenoxy) is 3. The first-order chi connectivity index (χ1) is 17.9. The van der Waals surface area contributed by atoms with Crippen LogP contribution in [0.4, 0.5) is 5.69 Å². The molecular formula is C26H25ClN4O6. The summed E-state index contributed by atoms with van der Waals surface area (Å²) in [6.07, 6.45) is 1.83. The van der Waals surface area contributed by atoms with Crippen LogP contribution < -0.4 is 30.8 Å². The molecule has 0 atom stereocenters. The van der Waals surface area contributed by atoms with E-state index in [1.54, 1.807) is 49.6 Å². The maximum Gasteiger partial charge on any atom is 0.332 e. The molecular weight excluding hydrogens is 500 g/mol. The van der Waals surface area contributed by atoms with Crippen molar-refractivity contribution in [1.82, 2.24) is 14.1 Å². The van der Waals surface area contributed by atoms with E-state index in [9.17, 15) is 14.4 Å². The Morgan fingerprint density at radius 2 is 1.68 bits per heavy atom. The van der Waals surface area contributed by atoms with Crippen LogP contribution in [-0.2, 0) is 24.3 Å². The SMILES string of the molecule is COc1ccc(Cl)cc1NC(=O)Cn1c(=O)n(CCc2ccc(OC)c(OC)c2)c(=O)c2ncccc21. The van der Waals surface area contributed by atoms with Crippen LogP contribution >= 0.6 is 11.6 Å². The number of nitrogens with zero attached hydrogens (tertiary/aromatic N) is 3. The van der Waals surface area contributed by atoms with Crippen molar-refractivity contribution in [2.24, 2.45) is 0 Å². The molecule has 10 nitrogen and oxygen atoms in total. The summed E-state index contributed by atoms with van der Waals surface area (Å²) in [5.41, 5.74) is 0.378. The lowest BCUT2D eigenvalue weighted by Crippen LogP contribution is -2.42. The number of benzene rings is 2. The first-order valence-electron chi connectivity index (χ1n) is 11.3. The molecule has 0 aliphatic heterocycles. The minimum Gasteiger partial charge on any atom is -0.495 e. The standard InChI is InChI=1S/C26H25ClN4O6/c1-35-20-9-7-17(27)14-18(20)29-23(32)15-31-19-5-4-11-28-24(19)25(33)30(26(31)34)12-10-16-6-8-21(36-2)22(13-16)37-3/h4-9,11,13-14H,10,12,15H2,1-3H3,(H,29,32). The average Bonchev–Trinajstić information content (AvgIpc) is 2.91. The lowest BCUT2D eigenvalue weighted by atomic mass is 10.1. The number of aromatic nitrogens is 3. The van der Waals surface area contributed by atoms with Crippen LogP contribution in [-0.4, -0.2) is 41.4 Å². The van der Waals surface area contributed by atoms with Crippen molar-refractivity contribution < 1.29 is 19.0 Å². The van der Waals surface area contributed by atoms with Crippen LogP contribution in [0.15, 0.2) is 64.3 Å². The van der Waals surface area contributed by atoms with E-state index in [1.165, 1.54) is 25.0 Å². The third-order valence-corrected chi connectivity index (χ3v) is 6.03. The highest BCUT2D eigenvalue weighted by atomic mass is 35.5. The van der Waals surface area contributed by atoms with Crippen LogP contribution in [0.1, 0.15) is 5.56 Å². The van der Waals surface area contributed by atoms with Gasteiger partial charge in [0.15, 0.2) is 17.0 Å². The maximum atomic E-state index is 13.4. The van der Waals surface area contributed by atoms with Crippen LogP contribution in [0.2, 0.25) is 5.02 Å². The van der Waals surface area contributed by atoms with E-state index in [0.717, 1.165) is 10.1 Å². The molecule has 1 amide bonds. The number of hydrogen-bond acceptors (Lipinski definition) is 7. The fourth-order valence-electron chi connectivity index (χ4n) is 3.98. The van der Waals surface area contributed by atoms with E-state index in [4.69, 9.17) is 25.8 Å². The largest absolute Gasteiger partial charge is 0.495 e. The number of aryl methyl sites for hydroxylation is 1. The number of fused-ring (bicyclic) bond motifs is 1. The first kappa shape index (κ1) is 25.8. The van der Waals surface area contributed by atoms with Gasteiger partial charge < -0.3 is 19.5 Å². The number of anilines is 1. The van der Waals surface area contributed by atoms with Crippen molar-refractivity contribution in [3.8, 4) is 17.2 Å². The molecule has 0 radical (unpaired) electrons. The molecule has 0 spiro atoms. The number of nitrogens with one attached hydrogen (secondary N) is 1. The van der Waals surface area contributed by atoms with E-state index in [2.05, 4.69) is 10.3 Å². The molecule has 2 heterocycles. The van der Waals surface area contributed by atoms with E-state index in [0.29, 0.717) is 34.4 Å². The topological polar surface area (TPSA) is 114 Å². The minimum absolute atomic E-state index is 0.0728. The first-order valence-corrected chi connectivity index (χ1v) is 11.7. The summed E-state index contributed by atoms with van der Waals surface area (Å²) in [6.45, 7) is -0.281. The fraction of sp³-hybridized carbons (Fsp3) is 0.231. The van der Waals surface area contributed by atoms with Crippen molar-refractivity contribution in [2.75, 3.05) is 26.6 Å². The van der Waals surface area contributed by atoms with Gasteiger partial charge in [-0.2, -0.15) is 0 Å². The Morgan fingerprint density at radius 3 is 2.41 bits per heavy atom. The third-order valence-electron chi connectivity index (χ3n) is 5.80. The summed E-state index contributed by atoms with van der Waals surface area (Å²) in [7, 11) is 4.54. The molecule has 0 saturated heterocycles. The second-order valence-corrected chi connectivity index (χ2v) is 8.47. The predicted molar refractivity (Wildman–Crippen MR) is 140 cm³/mol. The third kappa shape index (κ3) is 5.44. The number of amides is 1. The van der Waals surface area contributed by atoms with Crippen molar-refractivity contribution in [1.29, 1.82) is 0 Å². The smallest absolute Gasteiger partial charge is 0.332 e. The van der Waals surface area contributed by atoms with Gasteiger partial charge in [0.1, 0.15) is 12.3 Å². The van der Waals surface area contributed by atoms with Crippen molar-refractivity contribution in [2.45, 2.75) is 19.5 Å². The number of pyridine rings is 1. The number of halogens is 1. The summed E-state index contributed by atoms with van der Waals surface area (Å²) in [4.78, 5) is 43.7. The van der Waals surface area contributed by atoms with Crippen LogP contribution in [0.25, 0.3) is 11.0 Å². The molecule has 0 unspecified atom stereocenters. The highest BCUT2D eigenvalue weighted by Crippen LogP contribution is 2.28. The number of hydrogen-bond donors (Lipinski definition) is 1. The molecule has 4 rings (SSSR count). The summed E-state index contributed by atoms with van der Waals surface area (Å²) in [6, 6.07) is 13.4. The number of carbonyl (C=O) groups is 1. The van der Waals surface area contributed by atoms with Gasteiger partial charge in [-0.15, -0.1) is 0 Å². The molecule has 0 aliphatic rings. The second kappa shape index (κ2) is 11.2. The molecule has 192 valence electrons. The Hall–Kier alpha value is -4.31. The number of rotatable bonds is 9. The second-order valence-electron chi connectivity index (χ2n) is 8.03. The van der Waals surface area contributed by atoms with Gasteiger partial charge in [0.05, 0.1) is 32.5 Å². The Bertz CT molecular complexity index is 1580. The van der Waals surface area contributed by atoms with E-state index in [1.807, 2.05) is 6.07 Å². The van der Waals surface area contributed by atoms with Crippen LogP contribution in [0.5, 0.6) is 17.2 Å². The molecule has 11 heteroatoms. The van der Waals surface area contributed by atoms with Crippen molar-refractivity contribution in [3.05, 3.63) is 86.2 Å². The average molecular weight is 525 g/mol. The van der Waals surface area contributed by atoms with E-state index < -0.39 is 17.2 Å². The Labute approximate surface area is 217 Å². The van der Waals surface area contributed by atoms with Gasteiger partial charge in [0.2, 0.25) is 5.91 Å². The molecule has 0 saturated carbocycles. The number of methoxy groups -OCH3 is 3. The quantitative estimate of drug-likeness (QED) is 0.358. The van der Waals surface area contributed by atoms with Gasteiger partial charge in [-0.3, -0.25) is 18.7 Å². The molecule has 2 aromatic heterocycles. The molecule has 0 aliphatic carbocycles. The lowest BCUT2D eigenvalue weighted by molar-refractivity contribution is -0.116. The van der Waals surface area contributed by atoms with Gasteiger partial charge in [-0.25, -0.2) is 9.78 Å². The Kier molecular flexibility index (Phi) is 7.78. The Balaban J connectivity index is 1.67. The van der Waals surface area contributed by atoms with Gasteiger partial charge >= 0.3 is 5.69 Å². The molecule has 4 aromatic rings. The van der Waals surface area contributed by atoms with Crippen LogP contribution in [0, 0.1) is 0 Å². The summed E-state index contributed by atoms with van der Waals surface area (Å²) in [5, 5.41) is 3.13. The van der Waals surface area contributed by atoms with E-state index in [-0.39, 0.29) is 24.1 Å². The lowest BCUT2D eigenvalue weighted by Gasteiger charge is -2.15. The molecule has 0 fully saturated rings. The summed E-state index contributed by atoms with van der Waals surface area (Å²) < 4.78 is 18.2. The van der Waals surface area contributed by atoms with Gasteiger partial charge in [0.25, 0.3) is 5.56 Å². The van der Waals surface area contributed by atoms with Gasteiger partial charge in [0, 0.05) is 17.8 Å². The van der Waals surface area contributed by atoms with Gasteiger partial charge in [-0.05, 0) is 54.4 Å². The molecule has 0 bridgehead atoms. The summed E-state index contributed by atoms with van der Waals surface area (Å²) >= 11 is 6.06. The van der Waals surface area contributed by atoms with Crippen molar-refractivity contribution in [3.63, 3.8) is 0 Å². The molecule has 1 N–H and O–H groups in total. The normalized spacial score (nSPS) is 10.8. The van der Waals surface area contributed by atoms with Crippen LogP contribution in [0.3, 0.4) is 0 Å². The Morgan fingerprint density at radius 1 is 0.946 bits per heavy atom. The zero-order valence-electron chi connectivity index (χ0n) is 20.5. The molecule has 37 heavy (non-hydrogen) atoms. The highest BCUT2D eigenvalue weighted by Gasteiger charge is 2.17. The number of carbonyl (C=O) groups excluding carboxylic acids is 1. The maximum absolute atomic E-state index is 13.4. The fourth-order valence-corrected chi connectivity index (χ4v) is 4.15. The zero-order valence-corrected chi connectivity index (χ0v) is 21.2. The van der Waals surface area contributed by atoms with Crippen molar-refractivity contribution >= 4 is 34.2 Å². The zero-order chi connectivity index (χ0) is 26.5. The predicted octanol–water partition coefficient (Wildman–Crippen LogP) is 3.12. The van der Waals surface area contributed by atoms with Gasteiger partial charge in [-0.1, -0.05) is 17.7 Å². The monoisotopic (exact) mass is 524 g/mol.